The molecule has 0 amide bonds. The number of halogens is 1. The smallest absolute Gasteiger partial charge is 0.232 e. The van der Waals surface area contributed by atoms with Gasteiger partial charge in [-0.05, 0) is 19.4 Å². The predicted molar refractivity (Wildman–Crippen MR) is 65.0 cm³/mol. The average Bonchev–Trinajstić information content (AvgIpc) is 2.31. The topological polar surface area (TPSA) is 41.8 Å². The fourth-order valence-electron chi connectivity index (χ4n) is 1.14. The van der Waals surface area contributed by atoms with E-state index in [1.165, 1.54) is 0 Å². The summed E-state index contributed by atoms with van der Waals surface area (Å²) in [4.78, 5) is 0. The van der Waals surface area contributed by atoms with Crippen molar-refractivity contribution in [2.24, 2.45) is 10.6 Å². The maximum Gasteiger partial charge on any atom is 0.232 e. The first kappa shape index (κ1) is 12.8. The van der Waals surface area contributed by atoms with Crippen LogP contribution in [0.4, 0.5) is 0 Å². The van der Waals surface area contributed by atoms with Crippen LogP contribution in [0.5, 0.6) is 0 Å². The van der Waals surface area contributed by atoms with Crippen molar-refractivity contribution in [3.63, 3.8) is 0 Å². The summed E-state index contributed by atoms with van der Waals surface area (Å²) in [5.74, 6) is 0.590. The van der Waals surface area contributed by atoms with Crippen LogP contribution in [-0.2, 0) is 11.3 Å². The SMILES string of the molecule is CC(C)(CCl)C(=NO)OCc1ccccc1. The Balaban J connectivity index is 2.61. The predicted octanol–water partition coefficient (Wildman–Crippen LogP) is 3.26. The number of oxime groups is 1. The summed E-state index contributed by atoms with van der Waals surface area (Å²) >= 11 is 5.78. The molecule has 0 heterocycles. The second kappa shape index (κ2) is 5.75. The van der Waals surface area contributed by atoms with Crippen molar-refractivity contribution < 1.29 is 9.94 Å². The Morgan fingerprint density at radius 3 is 2.50 bits per heavy atom. The quantitative estimate of drug-likeness (QED) is 0.289. The zero-order valence-corrected chi connectivity index (χ0v) is 10.2. The van der Waals surface area contributed by atoms with Crippen LogP contribution in [-0.4, -0.2) is 17.0 Å². The first-order valence-corrected chi connectivity index (χ1v) is 5.59. The highest BCUT2D eigenvalue weighted by atomic mass is 35.5. The van der Waals surface area contributed by atoms with Gasteiger partial charge in [0.1, 0.15) is 6.61 Å². The van der Waals surface area contributed by atoms with Crippen molar-refractivity contribution in [3.8, 4) is 0 Å². The molecule has 0 fully saturated rings. The van der Waals surface area contributed by atoms with Crippen LogP contribution in [0.15, 0.2) is 35.5 Å². The fraction of sp³-hybridized carbons (Fsp3) is 0.417. The van der Waals surface area contributed by atoms with E-state index >= 15 is 0 Å². The highest BCUT2D eigenvalue weighted by molar-refractivity contribution is 6.19. The van der Waals surface area contributed by atoms with Gasteiger partial charge < -0.3 is 9.94 Å². The van der Waals surface area contributed by atoms with Crippen LogP contribution in [0.2, 0.25) is 0 Å². The molecule has 3 nitrogen and oxygen atoms in total. The molecule has 0 aliphatic rings. The lowest BCUT2D eigenvalue weighted by atomic mass is 9.96. The summed E-state index contributed by atoms with van der Waals surface area (Å²) in [6.45, 7) is 4.10. The molecule has 0 saturated heterocycles. The molecule has 0 radical (unpaired) electrons. The van der Waals surface area contributed by atoms with Crippen LogP contribution < -0.4 is 0 Å². The Morgan fingerprint density at radius 2 is 2.00 bits per heavy atom. The van der Waals surface area contributed by atoms with Gasteiger partial charge in [-0.3, -0.25) is 0 Å². The molecule has 4 heteroatoms. The third-order valence-corrected chi connectivity index (χ3v) is 2.89. The van der Waals surface area contributed by atoms with Gasteiger partial charge in [0.25, 0.3) is 0 Å². The first-order chi connectivity index (χ1) is 7.60. The third kappa shape index (κ3) is 3.42. The minimum Gasteiger partial charge on any atom is -0.473 e. The van der Waals surface area contributed by atoms with Crippen molar-refractivity contribution in [2.45, 2.75) is 20.5 Å². The number of alkyl halides is 1. The minimum absolute atomic E-state index is 0.256. The van der Waals surface area contributed by atoms with Gasteiger partial charge in [0.15, 0.2) is 0 Å². The molecule has 0 aliphatic carbocycles. The molecule has 1 aromatic rings. The van der Waals surface area contributed by atoms with Crippen molar-refractivity contribution >= 4 is 17.5 Å². The lowest BCUT2D eigenvalue weighted by Gasteiger charge is -2.22. The highest BCUT2D eigenvalue weighted by Crippen LogP contribution is 2.21. The molecule has 0 aromatic heterocycles. The van der Waals surface area contributed by atoms with Gasteiger partial charge in [0.05, 0.1) is 5.41 Å². The Bertz CT molecular complexity index is 349. The average molecular weight is 242 g/mol. The summed E-state index contributed by atoms with van der Waals surface area (Å²) in [6.07, 6.45) is 0. The lowest BCUT2D eigenvalue weighted by molar-refractivity contribution is 0.214. The lowest BCUT2D eigenvalue weighted by Crippen LogP contribution is -2.28. The van der Waals surface area contributed by atoms with Gasteiger partial charge in [-0.2, -0.15) is 0 Å². The second-order valence-electron chi connectivity index (χ2n) is 4.20. The van der Waals surface area contributed by atoms with Gasteiger partial charge >= 0.3 is 0 Å². The minimum atomic E-state index is -0.467. The summed E-state index contributed by atoms with van der Waals surface area (Å²) < 4.78 is 5.45. The molecule has 0 spiro atoms. The van der Waals surface area contributed by atoms with E-state index in [-0.39, 0.29) is 5.90 Å². The fourth-order valence-corrected chi connectivity index (χ4v) is 1.26. The van der Waals surface area contributed by atoms with Crippen LogP contribution in [0.3, 0.4) is 0 Å². The molecule has 0 atom stereocenters. The molecule has 1 N–H and O–H groups in total. The van der Waals surface area contributed by atoms with Crippen molar-refractivity contribution in [2.75, 3.05) is 5.88 Å². The largest absolute Gasteiger partial charge is 0.473 e. The van der Waals surface area contributed by atoms with E-state index in [0.717, 1.165) is 5.56 Å². The molecule has 0 aliphatic heterocycles. The van der Waals surface area contributed by atoms with Gasteiger partial charge in [-0.1, -0.05) is 35.5 Å². The molecule has 88 valence electrons. The monoisotopic (exact) mass is 241 g/mol. The van der Waals surface area contributed by atoms with Gasteiger partial charge in [0, 0.05) is 5.88 Å². The number of ether oxygens (including phenoxy) is 1. The maximum absolute atomic E-state index is 8.88. The number of benzene rings is 1. The molecule has 1 rings (SSSR count). The summed E-state index contributed by atoms with van der Waals surface area (Å²) in [5.41, 5.74) is 0.555. The zero-order chi connectivity index (χ0) is 12.0. The van der Waals surface area contributed by atoms with E-state index in [2.05, 4.69) is 5.16 Å². The molecule has 1 aromatic carbocycles. The van der Waals surface area contributed by atoms with Crippen LogP contribution in [0, 0.1) is 5.41 Å². The third-order valence-electron chi connectivity index (χ3n) is 2.22. The molecular formula is C12H16ClNO2. The number of hydrogen-bond acceptors (Lipinski definition) is 3. The van der Waals surface area contributed by atoms with E-state index in [0.29, 0.717) is 12.5 Å². The Labute approximate surface area is 101 Å². The maximum atomic E-state index is 8.88. The summed E-state index contributed by atoms with van der Waals surface area (Å²) in [5, 5.41) is 12.0. The first-order valence-electron chi connectivity index (χ1n) is 5.05. The zero-order valence-electron chi connectivity index (χ0n) is 9.48. The normalized spacial score (nSPS) is 12.6. The Morgan fingerprint density at radius 1 is 1.38 bits per heavy atom. The van der Waals surface area contributed by atoms with E-state index in [1.807, 2.05) is 44.2 Å². The standard InChI is InChI=1S/C12H16ClNO2/c1-12(2,9-13)11(14-15)16-8-10-6-4-3-5-7-10/h3-7,15H,8-9H2,1-2H3. The number of hydrogen-bond donors (Lipinski definition) is 1. The second-order valence-corrected chi connectivity index (χ2v) is 4.46. The van der Waals surface area contributed by atoms with Crippen molar-refractivity contribution in [1.29, 1.82) is 0 Å². The van der Waals surface area contributed by atoms with Gasteiger partial charge in [-0.15, -0.1) is 11.6 Å². The van der Waals surface area contributed by atoms with Crippen molar-refractivity contribution in [3.05, 3.63) is 35.9 Å². The Kier molecular flexibility index (Phi) is 4.62. The molecule has 0 saturated carbocycles. The van der Waals surface area contributed by atoms with Gasteiger partial charge in [-0.25, -0.2) is 0 Å². The van der Waals surface area contributed by atoms with E-state index < -0.39 is 5.41 Å². The number of nitrogens with zero attached hydrogens (tertiary/aromatic N) is 1. The van der Waals surface area contributed by atoms with E-state index in [1.54, 1.807) is 0 Å². The highest BCUT2D eigenvalue weighted by Gasteiger charge is 2.26. The van der Waals surface area contributed by atoms with Crippen LogP contribution in [0.25, 0.3) is 0 Å². The molecule has 0 bridgehead atoms. The number of rotatable bonds is 4. The van der Waals surface area contributed by atoms with Crippen LogP contribution in [0.1, 0.15) is 19.4 Å². The van der Waals surface area contributed by atoms with E-state index in [9.17, 15) is 0 Å². The summed E-state index contributed by atoms with van der Waals surface area (Å²) in [7, 11) is 0. The molecule has 16 heavy (non-hydrogen) atoms. The molecule has 0 unspecified atom stereocenters. The van der Waals surface area contributed by atoms with Crippen molar-refractivity contribution in [1.82, 2.24) is 0 Å². The molecular weight excluding hydrogens is 226 g/mol. The Hall–Kier alpha value is -1.22. The van der Waals surface area contributed by atoms with E-state index in [4.69, 9.17) is 21.5 Å². The van der Waals surface area contributed by atoms with Crippen LogP contribution >= 0.6 is 11.6 Å². The van der Waals surface area contributed by atoms with Gasteiger partial charge in [0.2, 0.25) is 5.90 Å². The summed E-state index contributed by atoms with van der Waals surface area (Å²) in [6, 6.07) is 9.70.